The van der Waals surface area contributed by atoms with E-state index in [1.807, 2.05) is 48.5 Å². The first-order chi connectivity index (χ1) is 15.1. The maximum Gasteiger partial charge on any atom is 0.243 e. The van der Waals surface area contributed by atoms with Gasteiger partial charge in [-0.25, -0.2) is 10.3 Å². The minimum Gasteiger partial charge on any atom is -0.457 e. The number of rotatable bonds is 9. The van der Waals surface area contributed by atoms with E-state index in [2.05, 4.69) is 4.84 Å². The van der Waals surface area contributed by atoms with Crippen molar-refractivity contribution in [2.45, 2.75) is 25.3 Å². The lowest BCUT2D eigenvalue weighted by molar-refractivity contribution is -0.137. The molecule has 0 radical (unpaired) electrons. The maximum atomic E-state index is 12.6. The van der Waals surface area contributed by atoms with Crippen LogP contribution in [0.4, 0.5) is 0 Å². The van der Waals surface area contributed by atoms with E-state index in [0.717, 1.165) is 11.1 Å². The zero-order valence-electron chi connectivity index (χ0n) is 17.1. The summed E-state index contributed by atoms with van der Waals surface area (Å²) < 4.78 is 11.1. The van der Waals surface area contributed by atoms with Crippen molar-refractivity contribution in [3.63, 3.8) is 0 Å². The Kier molecular flexibility index (Phi) is 8.66. The molecule has 0 aromatic heterocycles. The van der Waals surface area contributed by atoms with Crippen LogP contribution in [0.15, 0.2) is 48.5 Å². The van der Waals surface area contributed by atoms with Gasteiger partial charge in [0.25, 0.3) is 0 Å². The van der Waals surface area contributed by atoms with E-state index in [9.17, 15) is 9.59 Å². The molecule has 9 heteroatoms. The largest absolute Gasteiger partial charge is 0.457 e. The average molecular weight is 448 g/mol. The molecule has 1 aliphatic rings. The van der Waals surface area contributed by atoms with E-state index in [1.165, 1.54) is 0 Å². The summed E-state index contributed by atoms with van der Waals surface area (Å²) in [4.78, 5) is 28.1. The van der Waals surface area contributed by atoms with Crippen molar-refractivity contribution in [1.29, 1.82) is 0 Å². The van der Waals surface area contributed by atoms with Gasteiger partial charge in [0.1, 0.15) is 17.5 Å². The summed E-state index contributed by atoms with van der Waals surface area (Å²) in [6.45, 7) is 2.25. The van der Waals surface area contributed by atoms with Crippen LogP contribution in [0.1, 0.15) is 17.5 Å². The van der Waals surface area contributed by atoms with Gasteiger partial charge in [-0.05, 0) is 60.0 Å². The summed E-state index contributed by atoms with van der Waals surface area (Å²) in [7, 11) is 0. The summed E-state index contributed by atoms with van der Waals surface area (Å²) in [6, 6.07) is 14.4. The molecule has 2 aromatic carbocycles. The second-order valence-corrected chi connectivity index (χ2v) is 7.45. The maximum absolute atomic E-state index is 12.6. The predicted octanol–water partition coefficient (Wildman–Crippen LogP) is 2.43. The minimum absolute atomic E-state index is 0.0322. The van der Waals surface area contributed by atoms with Crippen LogP contribution in [0.3, 0.4) is 0 Å². The highest BCUT2D eigenvalue weighted by molar-refractivity contribution is 6.15. The molecule has 1 saturated heterocycles. The number of hydrogen-bond acceptors (Lipinski definition) is 6. The summed E-state index contributed by atoms with van der Waals surface area (Å²) in [6.07, 6.45) is 1.21. The Hall–Kier alpha value is -2.65. The van der Waals surface area contributed by atoms with Gasteiger partial charge < -0.3 is 14.4 Å². The summed E-state index contributed by atoms with van der Waals surface area (Å²) in [5, 5.41) is 8.54. The van der Waals surface area contributed by atoms with E-state index in [1.54, 1.807) is 10.4 Å². The second-order valence-electron chi connectivity index (χ2n) is 7.23. The van der Waals surface area contributed by atoms with Crippen LogP contribution in [0.5, 0.6) is 11.5 Å². The third kappa shape index (κ3) is 6.93. The topological polar surface area (TPSA) is 100 Å². The smallest absolute Gasteiger partial charge is 0.243 e. The normalized spacial score (nSPS) is 14.7. The molecule has 0 bridgehead atoms. The van der Waals surface area contributed by atoms with Crippen LogP contribution in [-0.2, 0) is 27.2 Å². The Balaban J connectivity index is 1.53. The number of nitrogens with zero attached hydrogens (tertiary/aromatic N) is 1. The van der Waals surface area contributed by atoms with Crippen molar-refractivity contribution >= 4 is 23.6 Å². The van der Waals surface area contributed by atoms with E-state index in [-0.39, 0.29) is 12.3 Å². The van der Waals surface area contributed by atoms with Crippen molar-refractivity contribution in [3.05, 3.63) is 59.7 Å². The summed E-state index contributed by atoms with van der Waals surface area (Å²) in [5.74, 6) is 0.894. The lowest BCUT2D eigenvalue weighted by Crippen LogP contribution is -2.49. The second kappa shape index (κ2) is 11.7. The van der Waals surface area contributed by atoms with Gasteiger partial charge in [0.2, 0.25) is 11.8 Å². The van der Waals surface area contributed by atoms with Crippen molar-refractivity contribution in [2.24, 2.45) is 0 Å². The number of benzene rings is 2. The molecular weight excluding hydrogens is 422 g/mol. The Labute approximate surface area is 186 Å². The van der Waals surface area contributed by atoms with Crippen LogP contribution < -0.4 is 15.1 Å². The molecule has 166 valence electrons. The third-order valence-electron chi connectivity index (χ3n) is 5.04. The zero-order chi connectivity index (χ0) is 22.1. The number of amides is 2. The number of nitrogens with one attached hydrogen (secondary N) is 2. The van der Waals surface area contributed by atoms with Crippen LogP contribution >= 0.6 is 11.8 Å². The fourth-order valence-electron chi connectivity index (χ4n) is 3.28. The number of halogens is 1. The van der Waals surface area contributed by atoms with Crippen molar-refractivity contribution in [3.8, 4) is 11.5 Å². The van der Waals surface area contributed by atoms with E-state index >= 15 is 0 Å². The first kappa shape index (κ1) is 23.0. The van der Waals surface area contributed by atoms with E-state index in [4.69, 9.17) is 26.5 Å². The van der Waals surface area contributed by atoms with Gasteiger partial charge in [0.15, 0.2) is 0 Å². The van der Waals surface area contributed by atoms with Gasteiger partial charge in [0.05, 0.1) is 13.2 Å². The van der Waals surface area contributed by atoms with Crippen LogP contribution in [0, 0.1) is 0 Å². The fraction of sp³-hybridized carbons (Fsp3) is 0.364. The van der Waals surface area contributed by atoms with Gasteiger partial charge in [-0.1, -0.05) is 24.3 Å². The van der Waals surface area contributed by atoms with Crippen LogP contribution in [0.2, 0.25) is 0 Å². The van der Waals surface area contributed by atoms with Crippen LogP contribution in [0.25, 0.3) is 0 Å². The molecule has 0 spiro atoms. The average Bonchev–Trinajstić information content (AvgIpc) is 2.83. The first-order valence-corrected chi connectivity index (χ1v) is 10.5. The molecule has 0 saturated carbocycles. The molecule has 1 fully saturated rings. The first-order valence-electron chi connectivity index (χ1n) is 10.1. The number of aryl methyl sites for hydroxylation is 1. The van der Waals surface area contributed by atoms with Gasteiger partial charge in [-0.15, -0.1) is 0 Å². The quantitative estimate of drug-likeness (QED) is 0.310. The highest BCUT2D eigenvalue weighted by Crippen LogP contribution is 2.23. The molecule has 31 heavy (non-hydrogen) atoms. The van der Waals surface area contributed by atoms with Gasteiger partial charge in [0, 0.05) is 19.5 Å². The zero-order valence-corrected chi connectivity index (χ0v) is 17.8. The molecule has 0 unspecified atom stereocenters. The Morgan fingerprint density at radius 3 is 2.16 bits per heavy atom. The molecule has 2 amide bonds. The van der Waals surface area contributed by atoms with Gasteiger partial charge >= 0.3 is 0 Å². The minimum atomic E-state index is -0.507. The van der Waals surface area contributed by atoms with Crippen molar-refractivity contribution in [2.75, 3.05) is 26.3 Å². The van der Waals surface area contributed by atoms with Crippen molar-refractivity contribution in [1.82, 2.24) is 15.2 Å². The number of carbonyl (C=O) groups excluding carboxylic acids is 2. The standard InChI is InChI=1S/C22H26ClN3O5/c23-24-20(22(28)26-11-13-30-14-12-26)15-17-3-8-19(9-4-17)31-18-6-1-16(2-7-18)5-10-21(27)25-29/h1-4,6-9,20,24,29H,5,10-15H2,(H,25,27)/t20-/m0/s1. The highest BCUT2D eigenvalue weighted by atomic mass is 35.5. The summed E-state index contributed by atoms with van der Waals surface area (Å²) >= 11 is 5.84. The number of hydrogen-bond donors (Lipinski definition) is 3. The molecule has 3 N–H and O–H groups in total. The highest BCUT2D eigenvalue weighted by Gasteiger charge is 2.25. The molecule has 1 heterocycles. The molecule has 1 atom stereocenters. The predicted molar refractivity (Wildman–Crippen MR) is 115 cm³/mol. The lowest BCUT2D eigenvalue weighted by atomic mass is 10.1. The number of carbonyl (C=O) groups is 2. The molecule has 1 aliphatic heterocycles. The molecule has 3 rings (SSSR count). The van der Waals surface area contributed by atoms with E-state index in [0.29, 0.717) is 50.6 Å². The van der Waals surface area contributed by atoms with E-state index < -0.39 is 11.9 Å². The molecule has 2 aromatic rings. The number of hydroxylamine groups is 1. The number of morpholine rings is 1. The SMILES string of the molecule is O=C(CCc1ccc(Oc2ccc(C[C@H](NCl)C(=O)N3CCOCC3)cc2)cc1)NO. The van der Waals surface area contributed by atoms with Crippen molar-refractivity contribution < 1.29 is 24.3 Å². The van der Waals surface area contributed by atoms with Gasteiger partial charge in [-0.2, -0.15) is 0 Å². The fourth-order valence-corrected chi connectivity index (χ4v) is 3.45. The molecular formula is C22H26ClN3O5. The monoisotopic (exact) mass is 447 g/mol. The third-order valence-corrected chi connectivity index (χ3v) is 5.30. The molecule has 0 aliphatic carbocycles. The Bertz CT molecular complexity index is 854. The number of ether oxygens (including phenoxy) is 2. The molecule has 8 nitrogen and oxygen atoms in total. The van der Waals surface area contributed by atoms with Crippen LogP contribution in [-0.4, -0.2) is 54.3 Å². The Morgan fingerprint density at radius 2 is 1.61 bits per heavy atom. The van der Waals surface area contributed by atoms with Gasteiger partial charge in [-0.3, -0.25) is 14.8 Å². The lowest BCUT2D eigenvalue weighted by Gasteiger charge is -2.29. The Morgan fingerprint density at radius 1 is 1.03 bits per heavy atom. The summed E-state index contributed by atoms with van der Waals surface area (Å²) in [5.41, 5.74) is 3.55.